The summed E-state index contributed by atoms with van der Waals surface area (Å²) >= 11 is 6.47. The van der Waals surface area contributed by atoms with Crippen molar-refractivity contribution in [2.45, 2.75) is 45.2 Å². The summed E-state index contributed by atoms with van der Waals surface area (Å²) < 4.78 is 0. The van der Waals surface area contributed by atoms with E-state index >= 15 is 0 Å². The van der Waals surface area contributed by atoms with Gasteiger partial charge in [0.25, 0.3) is 0 Å². The van der Waals surface area contributed by atoms with Crippen LogP contribution in [0.2, 0.25) is 5.02 Å². The maximum Gasteiger partial charge on any atom is 0.0642 e. The first-order valence-electron chi connectivity index (χ1n) is 7.49. The lowest BCUT2D eigenvalue weighted by atomic mass is 9.99. The molecule has 0 aromatic heterocycles. The number of anilines is 1. The Bertz CT molecular complexity index is 442. The molecule has 1 heterocycles. The summed E-state index contributed by atoms with van der Waals surface area (Å²) in [6.07, 6.45) is 5.29. The van der Waals surface area contributed by atoms with E-state index in [1.54, 1.807) is 0 Å². The molecule has 1 aliphatic carbocycles. The van der Waals surface area contributed by atoms with Crippen LogP contribution in [0.25, 0.3) is 0 Å². The lowest BCUT2D eigenvalue weighted by Gasteiger charge is -2.33. The quantitative estimate of drug-likeness (QED) is 0.900. The molecule has 1 saturated heterocycles. The van der Waals surface area contributed by atoms with Crippen molar-refractivity contribution in [2.75, 3.05) is 18.0 Å². The SMILES string of the molecule is CC1CCCN(c2ccc(CNC3CC3)cc2Cl)C1. The van der Waals surface area contributed by atoms with Crippen LogP contribution >= 0.6 is 11.6 Å². The van der Waals surface area contributed by atoms with Crippen molar-refractivity contribution in [3.8, 4) is 0 Å². The first kappa shape index (κ1) is 13.3. The Balaban J connectivity index is 1.67. The standard InChI is InChI=1S/C16H23ClN2/c1-12-3-2-8-19(11-12)16-7-4-13(9-15(16)17)10-18-14-5-6-14/h4,7,9,12,14,18H,2-3,5-6,8,10-11H2,1H3. The number of benzene rings is 1. The van der Waals surface area contributed by atoms with Crippen LogP contribution < -0.4 is 10.2 Å². The number of rotatable bonds is 4. The molecule has 0 bridgehead atoms. The Morgan fingerprint density at radius 3 is 2.84 bits per heavy atom. The summed E-state index contributed by atoms with van der Waals surface area (Å²) in [5.41, 5.74) is 2.51. The molecule has 1 unspecified atom stereocenters. The van der Waals surface area contributed by atoms with Crippen LogP contribution in [-0.4, -0.2) is 19.1 Å². The fourth-order valence-electron chi connectivity index (χ4n) is 2.87. The number of nitrogens with one attached hydrogen (secondary N) is 1. The molecule has 1 saturated carbocycles. The average molecular weight is 279 g/mol. The molecule has 0 amide bonds. The van der Waals surface area contributed by atoms with Gasteiger partial charge in [0, 0.05) is 25.7 Å². The maximum atomic E-state index is 6.47. The summed E-state index contributed by atoms with van der Waals surface area (Å²) in [5, 5.41) is 4.44. The Morgan fingerprint density at radius 2 is 2.16 bits per heavy atom. The molecule has 3 heteroatoms. The van der Waals surface area contributed by atoms with Gasteiger partial charge in [0.2, 0.25) is 0 Å². The van der Waals surface area contributed by atoms with Gasteiger partial charge in [-0.25, -0.2) is 0 Å². The van der Waals surface area contributed by atoms with Crippen molar-refractivity contribution in [1.82, 2.24) is 5.32 Å². The third-order valence-corrected chi connectivity index (χ3v) is 4.48. The van der Waals surface area contributed by atoms with Gasteiger partial charge in [0.1, 0.15) is 0 Å². The van der Waals surface area contributed by atoms with Gasteiger partial charge in [-0.05, 0) is 49.3 Å². The fourth-order valence-corrected chi connectivity index (χ4v) is 3.20. The van der Waals surface area contributed by atoms with Gasteiger partial charge >= 0.3 is 0 Å². The first-order valence-corrected chi connectivity index (χ1v) is 7.87. The molecule has 1 atom stereocenters. The van der Waals surface area contributed by atoms with E-state index in [0.717, 1.165) is 36.6 Å². The lowest BCUT2D eigenvalue weighted by Crippen LogP contribution is -2.34. The number of piperidine rings is 1. The zero-order chi connectivity index (χ0) is 13.2. The van der Waals surface area contributed by atoms with Crippen molar-refractivity contribution < 1.29 is 0 Å². The molecule has 2 aliphatic rings. The smallest absolute Gasteiger partial charge is 0.0642 e. The van der Waals surface area contributed by atoms with Crippen molar-refractivity contribution in [2.24, 2.45) is 5.92 Å². The van der Waals surface area contributed by atoms with Crippen molar-refractivity contribution in [3.63, 3.8) is 0 Å². The van der Waals surface area contributed by atoms with E-state index in [2.05, 4.69) is 35.3 Å². The molecule has 0 radical (unpaired) electrons. The molecule has 2 fully saturated rings. The van der Waals surface area contributed by atoms with E-state index in [-0.39, 0.29) is 0 Å². The molecule has 104 valence electrons. The zero-order valence-electron chi connectivity index (χ0n) is 11.7. The predicted molar refractivity (Wildman–Crippen MR) is 81.9 cm³/mol. The average Bonchev–Trinajstić information content (AvgIpc) is 3.20. The van der Waals surface area contributed by atoms with Crippen LogP contribution in [-0.2, 0) is 6.54 Å². The van der Waals surface area contributed by atoms with Gasteiger partial charge in [0.15, 0.2) is 0 Å². The van der Waals surface area contributed by atoms with Gasteiger partial charge < -0.3 is 10.2 Å². The highest BCUT2D eigenvalue weighted by molar-refractivity contribution is 6.33. The van der Waals surface area contributed by atoms with Crippen molar-refractivity contribution in [3.05, 3.63) is 28.8 Å². The monoisotopic (exact) mass is 278 g/mol. The van der Waals surface area contributed by atoms with Crippen LogP contribution in [0.15, 0.2) is 18.2 Å². The molecule has 1 aliphatic heterocycles. The second kappa shape index (κ2) is 5.72. The molecule has 19 heavy (non-hydrogen) atoms. The maximum absolute atomic E-state index is 6.47. The summed E-state index contributed by atoms with van der Waals surface area (Å²) in [6, 6.07) is 7.30. The van der Waals surface area contributed by atoms with Crippen LogP contribution in [0.5, 0.6) is 0 Å². The zero-order valence-corrected chi connectivity index (χ0v) is 12.4. The lowest BCUT2D eigenvalue weighted by molar-refractivity contribution is 0.447. The van der Waals surface area contributed by atoms with Crippen LogP contribution in [0.1, 0.15) is 38.2 Å². The van der Waals surface area contributed by atoms with Crippen molar-refractivity contribution >= 4 is 17.3 Å². The largest absolute Gasteiger partial charge is 0.370 e. The van der Waals surface area contributed by atoms with Crippen LogP contribution in [0, 0.1) is 5.92 Å². The van der Waals surface area contributed by atoms with E-state index in [0.29, 0.717) is 0 Å². The van der Waals surface area contributed by atoms with Gasteiger partial charge in [0.05, 0.1) is 10.7 Å². The van der Waals surface area contributed by atoms with E-state index < -0.39 is 0 Å². The van der Waals surface area contributed by atoms with Crippen molar-refractivity contribution in [1.29, 1.82) is 0 Å². The molecular formula is C16H23ClN2. The van der Waals surface area contributed by atoms with E-state index in [9.17, 15) is 0 Å². The summed E-state index contributed by atoms with van der Waals surface area (Å²) in [5.74, 6) is 0.779. The molecule has 0 spiro atoms. The number of nitrogens with zero attached hydrogens (tertiary/aromatic N) is 1. The minimum Gasteiger partial charge on any atom is -0.370 e. The molecule has 1 aromatic rings. The first-order chi connectivity index (χ1) is 9.22. The second-order valence-electron chi connectivity index (χ2n) is 6.13. The summed E-state index contributed by atoms with van der Waals surface area (Å²) in [7, 11) is 0. The van der Waals surface area contributed by atoms with Crippen LogP contribution in [0.4, 0.5) is 5.69 Å². The van der Waals surface area contributed by atoms with E-state index in [1.807, 2.05) is 0 Å². The van der Waals surface area contributed by atoms with Gasteiger partial charge in [-0.15, -0.1) is 0 Å². The number of halogens is 1. The fraction of sp³-hybridized carbons (Fsp3) is 0.625. The summed E-state index contributed by atoms with van der Waals surface area (Å²) in [6.45, 7) is 5.55. The third-order valence-electron chi connectivity index (χ3n) is 4.18. The van der Waals surface area contributed by atoms with E-state index in [1.165, 1.54) is 36.9 Å². The third kappa shape index (κ3) is 3.43. The molecular weight excluding hydrogens is 256 g/mol. The Labute approximate surface area is 121 Å². The molecule has 1 aromatic carbocycles. The normalized spacial score (nSPS) is 23.7. The minimum absolute atomic E-state index is 0.751. The van der Waals surface area contributed by atoms with Gasteiger partial charge in [-0.1, -0.05) is 24.6 Å². The topological polar surface area (TPSA) is 15.3 Å². The van der Waals surface area contributed by atoms with Crippen LogP contribution in [0.3, 0.4) is 0 Å². The summed E-state index contributed by atoms with van der Waals surface area (Å²) in [4.78, 5) is 2.44. The molecule has 2 nitrogen and oxygen atoms in total. The number of hydrogen-bond donors (Lipinski definition) is 1. The van der Waals surface area contributed by atoms with E-state index in [4.69, 9.17) is 11.6 Å². The van der Waals surface area contributed by atoms with Gasteiger partial charge in [-0.3, -0.25) is 0 Å². The molecule has 3 rings (SSSR count). The molecule has 1 N–H and O–H groups in total. The Hall–Kier alpha value is -0.730. The predicted octanol–water partition coefficient (Wildman–Crippen LogP) is 3.83. The second-order valence-corrected chi connectivity index (χ2v) is 6.54. The minimum atomic E-state index is 0.751. The Kier molecular flexibility index (Phi) is 3.99. The highest BCUT2D eigenvalue weighted by atomic mass is 35.5. The number of hydrogen-bond acceptors (Lipinski definition) is 2. The Morgan fingerprint density at radius 1 is 1.32 bits per heavy atom. The van der Waals surface area contributed by atoms with Gasteiger partial charge in [-0.2, -0.15) is 0 Å². The highest BCUT2D eigenvalue weighted by Crippen LogP contribution is 2.30. The highest BCUT2D eigenvalue weighted by Gasteiger charge is 2.21.